The Balaban J connectivity index is 2.18. The molecule has 0 aliphatic rings. The van der Waals surface area contributed by atoms with Crippen molar-refractivity contribution in [2.45, 2.75) is 26.3 Å². The Labute approximate surface area is 107 Å². The van der Waals surface area contributed by atoms with Gasteiger partial charge in [-0.3, -0.25) is 0 Å². The van der Waals surface area contributed by atoms with Gasteiger partial charge in [0, 0.05) is 30.3 Å². The Bertz CT molecular complexity index is 313. The zero-order valence-electron chi connectivity index (χ0n) is 10.1. The third-order valence-corrected chi connectivity index (χ3v) is 2.71. The Morgan fingerprint density at radius 2 is 2.18 bits per heavy atom. The third kappa shape index (κ3) is 5.48. The van der Waals surface area contributed by atoms with Crippen LogP contribution in [0.15, 0.2) is 18.2 Å². The summed E-state index contributed by atoms with van der Waals surface area (Å²) in [6.45, 7) is 4.89. The van der Waals surface area contributed by atoms with Crippen molar-refractivity contribution in [2.75, 3.05) is 19.8 Å². The minimum atomic E-state index is -0.257. The van der Waals surface area contributed by atoms with Gasteiger partial charge in [0.2, 0.25) is 0 Å². The van der Waals surface area contributed by atoms with Crippen molar-refractivity contribution >= 4 is 11.6 Å². The summed E-state index contributed by atoms with van der Waals surface area (Å²) in [6, 6.07) is 4.74. The number of halogens is 2. The van der Waals surface area contributed by atoms with Crippen LogP contribution in [0.25, 0.3) is 0 Å². The van der Waals surface area contributed by atoms with Gasteiger partial charge in [-0.2, -0.15) is 0 Å². The van der Waals surface area contributed by atoms with E-state index in [4.69, 9.17) is 16.3 Å². The molecule has 0 aliphatic carbocycles. The van der Waals surface area contributed by atoms with E-state index in [1.165, 1.54) is 6.07 Å². The van der Waals surface area contributed by atoms with Crippen molar-refractivity contribution in [2.24, 2.45) is 0 Å². The maximum atomic E-state index is 13.4. The zero-order valence-corrected chi connectivity index (χ0v) is 10.9. The maximum Gasteiger partial charge on any atom is 0.129 e. The minimum absolute atomic E-state index is 0.257. The van der Waals surface area contributed by atoms with Crippen LogP contribution >= 0.6 is 11.6 Å². The quantitative estimate of drug-likeness (QED) is 0.723. The molecule has 0 bridgehead atoms. The Morgan fingerprint density at radius 1 is 1.35 bits per heavy atom. The van der Waals surface area contributed by atoms with Crippen molar-refractivity contribution in [1.82, 2.24) is 5.32 Å². The van der Waals surface area contributed by atoms with Crippen molar-refractivity contribution in [1.29, 1.82) is 0 Å². The third-order valence-electron chi connectivity index (χ3n) is 2.35. The zero-order chi connectivity index (χ0) is 12.5. The molecule has 2 nitrogen and oxygen atoms in total. The topological polar surface area (TPSA) is 21.3 Å². The Morgan fingerprint density at radius 3 is 2.88 bits per heavy atom. The number of rotatable bonds is 8. The van der Waals surface area contributed by atoms with E-state index in [0.29, 0.717) is 17.1 Å². The second-order valence-corrected chi connectivity index (χ2v) is 4.25. The van der Waals surface area contributed by atoms with E-state index in [2.05, 4.69) is 12.2 Å². The second kappa shape index (κ2) is 8.45. The van der Waals surface area contributed by atoms with Gasteiger partial charge in [0.1, 0.15) is 5.82 Å². The summed E-state index contributed by atoms with van der Waals surface area (Å²) < 4.78 is 18.7. The average Bonchev–Trinajstić information content (AvgIpc) is 2.31. The predicted octanol–water partition coefficient (Wildman–Crippen LogP) is 3.39. The smallest absolute Gasteiger partial charge is 0.129 e. The second-order valence-electron chi connectivity index (χ2n) is 3.84. The van der Waals surface area contributed by atoms with Crippen molar-refractivity contribution in [3.05, 3.63) is 34.6 Å². The van der Waals surface area contributed by atoms with Crippen LogP contribution in [0, 0.1) is 5.82 Å². The van der Waals surface area contributed by atoms with Crippen LogP contribution in [0.2, 0.25) is 5.02 Å². The molecule has 0 saturated heterocycles. The SMILES string of the molecule is CCCOCCCNCc1c(F)cccc1Cl. The Hall–Kier alpha value is -0.640. The molecule has 1 N–H and O–H groups in total. The molecule has 0 heterocycles. The molecule has 0 fully saturated rings. The number of benzene rings is 1. The van der Waals surface area contributed by atoms with Crippen LogP contribution in [0.5, 0.6) is 0 Å². The van der Waals surface area contributed by atoms with Crippen LogP contribution in [0.4, 0.5) is 4.39 Å². The molecule has 17 heavy (non-hydrogen) atoms. The molecule has 0 spiro atoms. The van der Waals surface area contributed by atoms with Crippen LogP contribution in [0.3, 0.4) is 0 Å². The van der Waals surface area contributed by atoms with Gasteiger partial charge in [-0.25, -0.2) is 4.39 Å². The lowest BCUT2D eigenvalue weighted by Gasteiger charge is -2.08. The monoisotopic (exact) mass is 259 g/mol. The van der Waals surface area contributed by atoms with Gasteiger partial charge in [0.05, 0.1) is 0 Å². The molecular weight excluding hydrogens is 241 g/mol. The van der Waals surface area contributed by atoms with Gasteiger partial charge < -0.3 is 10.1 Å². The molecule has 0 unspecified atom stereocenters. The van der Waals surface area contributed by atoms with E-state index in [0.717, 1.165) is 32.6 Å². The number of hydrogen-bond donors (Lipinski definition) is 1. The summed E-state index contributed by atoms with van der Waals surface area (Å²) in [5.41, 5.74) is 0.531. The summed E-state index contributed by atoms with van der Waals surface area (Å²) in [5, 5.41) is 3.63. The van der Waals surface area contributed by atoms with E-state index in [1.807, 2.05) is 0 Å². The lowest BCUT2D eigenvalue weighted by molar-refractivity contribution is 0.132. The molecule has 1 aromatic rings. The van der Waals surface area contributed by atoms with Crippen LogP contribution in [0.1, 0.15) is 25.3 Å². The average molecular weight is 260 g/mol. The first-order chi connectivity index (χ1) is 8.25. The highest BCUT2D eigenvalue weighted by Crippen LogP contribution is 2.18. The highest BCUT2D eigenvalue weighted by molar-refractivity contribution is 6.31. The molecule has 0 aliphatic heterocycles. The van der Waals surface area contributed by atoms with Gasteiger partial charge in [0.25, 0.3) is 0 Å². The minimum Gasteiger partial charge on any atom is -0.381 e. The molecule has 96 valence electrons. The molecule has 1 aromatic carbocycles. The standard InChI is InChI=1S/C13H19ClFNO/c1-2-8-17-9-4-7-16-10-11-12(14)5-3-6-13(11)15/h3,5-6,16H,2,4,7-10H2,1H3. The number of nitrogens with one attached hydrogen (secondary N) is 1. The van der Waals surface area contributed by atoms with Gasteiger partial charge in [-0.15, -0.1) is 0 Å². The van der Waals surface area contributed by atoms with Crippen LogP contribution in [-0.4, -0.2) is 19.8 Å². The fourth-order valence-electron chi connectivity index (χ4n) is 1.46. The number of ether oxygens (including phenoxy) is 1. The highest BCUT2D eigenvalue weighted by Gasteiger charge is 2.05. The van der Waals surface area contributed by atoms with Crippen molar-refractivity contribution in [3.8, 4) is 0 Å². The van der Waals surface area contributed by atoms with Crippen molar-refractivity contribution in [3.63, 3.8) is 0 Å². The lowest BCUT2D eigenvalue weighted by atomic mass is 10.2. The molecule has 0 atom stereocenters. The molecule has 0 aromatic heterocycles. The van der Waals surface area contributed by atoms with Crippen molar-refractivity contribution < 1.29 is 9.13 Å². The first kappa shape index (κ1) is 14.4. The van der Waals surface area contributed by atoms with Gasteiger partial charge in [-0.05, 0) is 31.5 Å². The highest BCUT2D eigenvalue weighted by atomic mass is 35.5. The maximum absolute atomic E-state index is 13.4. The lowest BCUT2D eigenvalue weighted by Crippen LogP contribution is -2.17. The van der Waals surface area contributed by atoms with E-state index in [9.17, 15) is 4.39 Å². The summed E-state index contributed by atoms with van der Waals surface area (Å²) >= 11 is 5.91. The van der Waals surface area contributed by atoms with Crippen LogP contribution in [-0.2, 0) is 11.3 Å². The van der Waals surface area contributed by atoms with Gasteiger partial charge in [-0.1, -0.05) is 24.6 Å². The summed E-state index contributed by atoms with van der Waals surface area (Å²) in [5.74, 6) is -0.257. The largest absolute Gasteiger partial charge is 0.381 e. The summed E-state index contributed by atoms with van der Waals surface area (Å²) in [6.07, 6.45) is 1.96. The number of hydrogen-bond acceptors (Lipinski definition) is 2. The molecule has 0 saturated carbocycles. The first-order valence-electron chi connectivity index (χ1n) is 5.97. The van der Waals surface area contributed by atoms with Gasteiger partial charge >= 0.3 is 0 Å². The predicted molar refractivity (Wildman–Crippen MR) is 68.8 cm³/mol. The molecule has 0 radical (unpaired) electrons. The molecule has 4 heteroatoms. The summed E-state index contributed by atoms with van der Waals surface area (Å²) in [7, 11) is 0. The molecule has 0 amide bonds. The fraction of sp³-hybridized carbons (Fsp3) is 0.538. The molecule has 1 rings (SSSR count). The first-order valence-corrected chi connectivity index (χ1v) is 6.35. The fourth-order valence-corrected chi connectivity index (χ4v) is 1.69. The van der Waals surface area contributed by atoms with E-state index >= 15 is 0 Å². The van der Waals surface area contributed by atoms with Crippen LogP contribution < -0.4 is 5.32 Å². The Kier molecular flexibility index (Phi) is 7.17. The van der Waals surface area contributed by atoms with Gasteiger partial charge in [0.15, 0.2) is 0 Å². The molecular formula is C13H19ClFNO. The van der Waals surface area contributed by atoms with E-state index in [-0.39, 0.29) is 5.82 Å². The van der Waals surface area contributed by atoms with E-state index < -0.39 is 0 Å². The normalized spacial score (nSPS) is 10.8. The van der Waals surface area contributed by atoms with E-state index in [1.54, 1.807) is 12.1 Å². The summed E-state index contributed by atoms with van der Waals surface area (Å²) in [4.78, 5) is 0.